The van der Waals surface area contributed by atoms with E-state index in [0.717, 1.165) is 40.5 Å². The number of hydrogen-bond acceptors (Lipinski definition) is 4. The number of aromatic nitrogens is 5. The van der Waals surface area contributed by atoms with Gasteiger partial charge in [-0.15, -0.1) is 0 Å². The van der Waals surface area contributed by atoms with E-state index < -0.39 is 0 Å². The SMILES string of the molecule is O=C(c1cc(-c2ccncc2)n[nH]1)N1CCc2nc(-c3ccccc3)[nH]c2C1. The summed E-state index contributed by atoms with van der Waals surface area (Å²) in [6.45, 7) is 1.14. The lowest BCUT2D eigenvalue weighted by Crippen LogP contribution is -2.36. The number of imidazole rings is 1. The molecule has 0 spiro atoms. The molecule has 0 fully saturated rings. The van der Waals surface area contributed by atoms with Gasteiger partial charge in [-0.3, -0.25) is 14.9 Å². The highest BCUT2D eigenvalue weighted by Gasteiger charge is 2.26. The van der Waals surface area contributed by atoms with E-state index in [2.05, 4.69) is 20.2 Å². The molecule has 7 nitrogen and oxygen atoms in total. The molecule has 28 heavy (non-hydrogen) atoms. The van der Waals surface area contributed by atoms with Crippen LogP contribution in [0.4, 0.5) is 0 Å². The zero-order valence-corrected chi connectivity index (χ0v) is 15.1. The van der Waals surface area contributed by atoms with Crippen LogP contribution in [0, 0.1) is 0 Å². The highest BCUT2D eigenvalue weighted by molar-refractivity contribution is 5.93. The van der Waals surface area contributed by atoms with Gasteiger partial charge in [0.05, 0.1) is 23.6 Å². The van der Waals surface area contributed by atoms with Crippen molar-refractivity contribution in [2.75, 3.05) is 6.54 Å². The first-order valence-corrected chi connectivity index (χ1v) is 9.16. The van der Waals surface area contributed by atoms with Crippen LogP contribution in [0.25, 0.3) is 22.6 Å². The Labute approximate surface area is 161 Å². The summed E-state index contributed by atoms with van der Waals surface area (Å²) < 4.78 is 0. The summed E-state index contributed by atoms with van der Waals surface area (Å²) in [7, 11) is 0. The summed E-state index contributed by atoms with van der Waals surface area (Å²) in [5, 5.41) is 7.14. The van der Waals surface area contributed by atoms with Crippen molar-refractivity contribution in [2.45, 2.75) is 13.0 Å². The maximum atomic E-state index is 12.9. The summed E-state index contributed by atoms with van der Waals surface area (Å²) >= 11 is 0. The Hall–Kier alpha value is -3.74. The molecule has 1 aromatic carbocycles. The van der Waals surface area contributed by atoms with Gasteiger partial charge < -0.3 is 9.88 Å². The quantitative estimate of drug-likeness (QED) is 0.580. The van der Waals surface area contributed by atoms with Crippen molar-refractivity contribution in [1.82, 2.24) is 30.0 Å². The summed E-state index contributed by atoms with van der Waals surface area (Å²) in [6.07, 6.45) is 4.15. The van der Waals surface area contributed by atoms with E-state index in [1.54, 1.807) is 18.5 Å². The molecule has 3 aromatic heterocycles. The number of pyridine rings is 1. The number of H-pyrrole nitrogens is 2. The van der Waals surface area contributed by atoms with Crippen LogP contribution in [0.5, 0.6) is 0 Å². The van der Waals surface area contributed by atoms with Crippen molar-refractivity contribution in [1.29, 1.82) is 0 Å². The van der Waals surface area contributed by atoms with Gasteiger partial charge >= 0.3 is 0 Å². The van der Waals surface area contributed by atoms with Gasteiger partial charge in [0.15, 0.2) is 0 Å². The second kappa shape index (κ2) is 6.77. The van der Waals surface area contributed by atoms with Gasteiger partial charge in [0.1, 0.15) is 11.5 Å². The van der Waals surface area contributed by atoms with Gasteiger partial charge in [-0.05, 0) is 18.2 Å². The van der Waals surface area contributed by atoms with Crippen LogP contribution in [0.1, 0.15) is 21.9 Å². The van der Waals surface area contributed by atoms with Gasteiger partial charge in [0.25, 0.3) is 5.91 Å². The number of nitrogens with zero attached hydrogens (tertiary/aromatic N) is 4. The zero-order valence-electron chi connectivity index (χ0n) is 15.1. The van der Waals surface area contributed by atoms with E-state index in [0.29, 0.717) is 18.8 Å². The fourth-order valence-corrected chi connectivity index (χ4v) is 3.47. The highest BCUT2D eigenvalue weighted by atomic mass is 16.2. The molecule has 0 bridgehead atoms. The third-order valence-corrected chi connectivity index (χ3v) is 4.95. The van der Waals surface area contributed by atoms with Crippen LogP contribution >= 0.6 is 0 Å². The second-order valence-corrected chi connectivity index (χ2v) is 6.76. The lowest BCUT2D eigenvalue weighted by molar-refractivity contribution is 0.0726. The van der Waals surface area contributed by atoms with Crippen molar-refractivity contribution < 1.29 is 4.79 Å². The number of nitrogens with one attached hydrogen (secondary N) is 2. The Morgan fingerprint density at radius 2 is 1.86 bits per heavy atom. The van der Waals surface area contributed by atoms with Crippen molar-refractivity contribution in [3.05, 3.63) is 78.0 Å². The molecule has 4 aromatic rings. The normalized spacial score (nSPS) is 13.4. The second-order valence-electron chi connectivity index (χ2n) is 6.76. The van der Waals surface area contributed by atoms with E-state index in [-0.39, 0.29) is 5.91 Å². The first-order chi connectivity index (χ1) is 13.8. The van der Waals surface area contributed by atoms with Crippen LogP contribution in [0.3, 0.4) is 0 Å². The minimum absolute atomic E-state index is 0.0608. The Kier molecular flexibility index (Phi) is 3.97. The first-order valence-electron chi connectivity index (χ1n) is 9.16. The Morgan fingerprint density at radius 3 is 2.68 bits per heavy atom. The van der Waals surface area contributed by atoms with Gasteiger partial charge in [-0.1, -0.05) is 30.3 Å². The maximum absolute atomic E-state index is 12.9. The highest BCUT2D eigenvalue weighted by Crippen LogP contribution is 2.24. The molecule has 7 heteroatoms. The molecule has 1 aliphatic rings. The van der Waals surface area contributed by atoms with Crippen LogP contribution in [-0.2, 0) is 13.0 Å². The molecule has 1 aliphatic heterocycles. The number of benzene rings is 1. The zero-order chi connectivity index (χ0) is 18.9. The van der Waals surface area contributed by atoms with Gasteiger partial charge in [-0.25, -0.2) is 4.98 Å². The van der Waals surface area contributed by atoms with Crippen molar-refractivity contribution >= 4 is 5.91 Å². The minimum atomic E-state index is -0.0608. The lowest BCUT2D eigenvalue weighted by Gasteiger charge is -2.25. The van der Waals surface area contributed by atoms with Gasteiger partial charge in [-0.2, -0.15) is 5.10 Å². The molecule has 0 saturated heterocycles. The average molecular weight is 370 g/mol. The Balaban J connectivity index is 1.36. The fraction of sp³-hybridized carbons (Fsp3) is 0.143. The summed E-state index contributed by atoms with van der Waals surface area (Å²) in [4.78, 5) is 26.9. The standard InChI is InChI=1S/C21H18N6O/c28-21(18-12-17(25-26-18)14-6-9-22-10-7-14)27-11-8-16-19(13-27)24-20(23-16)15-4-2-1-3-5-15/h1-7,9-10,12H,8,11,13H2,(H,23,24)(H,25,26). The Bertz CT molecular complexity index is 1120. The van der Waals surface area contributed by atoms with Crippen LogP contribution in [-0.4, -0.2) is 42.5 Å². The number of fused-ring (bicyclic) bond motifs is 1. The van der Waals surface area contributed by atoms with Gasteiger partial charge in [0, 0.05) is 36.5 Å². The maximum Gasteiger partial charge on any atom is 0.272 e. The van der Waals surface area contributed by atoms with Crippen molar-refractivity contribution in [2.24, 2.45) is 0 Å². The van der Waals surface area contributed by atoms with Crippen LogP contribution < -0.4 is 0 Å². The molecule has 0 aliphatic carbocycles. The minimum Gasteiger partial charge on any atom is -0.340 e. The fourth-order valence-electron chi connectivity index (χ4n) is 3.47. The third-order valence-electron chi connectivity index (χ3n) is 4.95. The molecule has 138 valence electrons. The molecule has 0 unspecified atom stereocenters. The van der Waals surface area contributed by atoms with Crippen LogP contribution in [0.2, 0.25) is 0 Å². The molecular formula is C21H18N6O. The van der Waals surface area contributed by atoms with Crippen molar-refractivity contribution in [3.63, 3.8) is 0 Å². The third kappa shape index (κ3) is 2.96. The molecule has 2 N–H and O–H groups in total. The largest absolute Gasteiger partial charge is 0.340 e. The summed E-state index contributed by atoms with van der Waals surface area (Å²) in [5.74, 6) is 0.788. The Morgan fingerprint density at radius 1 is 1.04 bits per heavy atom. The van der Waals surface area contributed by atoms with E-state index >= 15 is 0 Å². The summed E-state index contributed by atoms with van der Waals surface area (Å²) in [6, 6.07) is 15.5. The van der Waals surface area contributed by atoms with E-state index in [1.165, 1.54) is 0 Å². The van der Waals surface area contributed by atoms with Crippen molar-refractivity contribution in [3.8, 4) is 22.6 Å². The molecular weight excluding hydrogens is 352 g/mol. The lowest BCUT2D eigenvalue weighted by atomic mass is 10.1. The number of rotatable bonds is 3. The number of carbonyl (C=O) groups excluding carboxylic acids is 1. The van der Waals surface area contributed by atoms with Crippen LogP contribution in [0.15, 0.2) is 60.9 Å². The number of carbonyl (C=O) groups is 1. The number of hydrogen-bond donors (Lipinski definition) is 2. The average Bonchev–Trinajstić information content (AvgIpc) is 3.41. The van der Waals surface area contributed by atoms with E-state index in [4.69, 9.17) is 4.98 Å². The molecule has 4 heterocycles. The number of amides is 1. The topological polar surface area (TPSA) is 90.6 Å². The number of aromatic amines is 2. The first kappa shape index (κ1) is 16.4. The molecule has 1 amide bonds. The molecule has 5 rings (SSSR count). The van der Waals surface area contributed by atoms with E-state index in [1.807, 2.05) is 47.4 Å². The van der Waals surface area contributed by atoms with Gasteiger partial charge in [0.2, 0.25) is 0 Å². The monoisotopic (exact) mass is 370 g/mol. The smallest absolute Gasteiger partial charge is 0.272 e. The predicted octanol–water partition coefficient (Wildman–Crippen LogP) is 3.06. The molecule has 0 radical (unpaired) electrons. The summed E-state index contributed by atoms with van der Waals surface area (Å²) in [5.41, 5.74) is 5.21. The molecule has 0 atom stereocenters. The van der Waals surface area contributed by atoms with E-state index in [9.17, 15) is 4.79 Å². The predicted molar refractivity (Wildman–Crippen MR) is 104 cm³/mol. The molecule has 0 saturated carbocycles.